The Balaban J connectivity index is 0.000000147. The number of ether oxygens (including phenoxy) is 1. The molecule has 1 unspecified atom stereocenters. The third-order valence-corrected chi connectivity index (χ3v) is 31.9. The van der Waals surface area contributed by atoms with Crippen LogP contribution in [0.3, 0.4) is 0 Å². The molecular weight excluding hydrogens is 1890 g/mol. The Morgan fingerprint density at radius 1 is 0.324 bits per heavy atom. The average molecular weight is 1960 g/mol. The number of nitrogens with zero attached hydrogens (tertiary/aromatic N) is 11. The van der Waals surface area contributed by atoms with E-state index in [9.17, 15) is 0 Å². The van der Waals surface area contributed by atoms with Crippen molar-refractivity contribution in [1.82, 2.24) is 44.9 Å². The standard InChI is InChI=1S/C32H23N4Si.C30H25N4Si.C25H22N3OSi.3Au/c1-3-12-26(13-4-1)36(27-14-9-11-25(23-27)32-34-21-22-35-32)28-15-10-18-30(24-28)37(29-16-5-2-6-17-29)31-19-7-8-20-33-31;1-2-11-25(12-3-1)34(26-13-8-10-24(22-26)30-32-18-19-33-30)27-14-9-15-28(23-27)35(20-6-7-21-35)29-16-4-5-17-31-29;1-4-16-30(17-5-1,24-12-2-3-13-26-24)23-11-7-10-22(19-23)29-21-9-6-8-20(18-21)25-27-14-15-28-25;;;/h1-22,37H;1-5,8-19H,6-7,20-21H2;2-3,6-15H,1,4-5,16-17H2;;;/q3*-3;3*+3. The Hall–Kier alpha value is -9.67. The van der Waals surface area contributed by atoms with Gasteiger partial charge < -0.3 is 44.4 Å². The summed E-state index contributed by atoms with van der Waals surface area (Å²) in [4.78, 5) is 44.8. The van der Waals surface area contributed by atoms with Gasteiger partial charge in [0.1, 0.15) is 24.9 Å². The van der Waals surface area contributed by atoms with Gasteiger partial charge in [0.05, 0.1) is 0 Å². The second-order valence-electron chi connectivity index (χ2n) is 25.2. The van der Waals surface area contributed by atoms with Crippen LogP contribution < -0.4 is 66.2 Å². The molecule has 15 aromatic rings. The summed E-state index contributed by atoms with van der Waals surface area (Å²) in [5.41, 5.74) is 8.44. The molecule has 9 aromatic carbocycles. The van der Waals surface area contributed by atoms with Crippen LogP contribution in [0.4, 0.5) is 34.1 Å². The van der Waals surface area contributed by atoms with E-state index in [1.807, 2.05) is 110 Å². The molecule has 0 aliphatic carbocycles. The van der Waals surface area contributed by atoms with Gasteiger partial charge in [-0.15, -0.1) is 108 Å². The summed E-state index contributed by atoms with van der Waals surface area (Å²) in [5.74, 6) is 3.37. The maximum absolute atomic E-state index is 6.16. The van der Waals surface area contributed by atoms with E-state index in [0.717, 1.165) is 61.9 Å². The number of hydrogen-bond donors (Lipinski definition) is 0. The van der Waals surface area contributed by atoms with E-state index in [1.54, 1.807) is 37.2 Å². The normalized spacial score (nSPS) is 13.4. The van der Waals surface area contributed by atoms with Crippen molar-refractivity contribution in [3.05, 3.63) is 347 Å². The molecule has 2 fully saturated rings. The Morgan fingerprint density at radius 2 is 0.724 bits per heavy atom. The van der Waals surface area contributed by atoms with E-state index in [0.29, 0.717) is 23.2 Å². The minimum atomic E-state index is -1.94. The summed E-state index contributed by atoms with van der Waals surface area (Å²) < 4.78 is 6.16. The van der Waals surface area contributed by atoms with Crippen molar-refractivity contribution < 1.29 is 71.9 Å². The fourth-order valence-electron chi connectivity index (χ4n) is 14.2. The smallest absolute Gasteiger partial charge is 0.503 e. The summed E-state index contributed by atoms with van der Waals surface area (Å²) in [7, 11) is -5.70. The van der Waals surface area contributed by atoms with Crippen molar-refractivity contribution in [2.75, 3.05) is 9.80 Å². The predicted molar refractivity (Wildman–Crippen MR) is 415 cm³/mol. The van der Waals surface area contributed by atoms with Crippen molar-refractivity contribution in [3.8, 4) is 45.7 Å². The Bertz CT molecular complexity index is 5070. The van der Waals surface area contributed by atoms with E-state index >= 15 is 0 Å². The summed E-state index contributed by atoms with van der Waals surface area (Å²) in [5, 5.41) is 8.77. The largest absolute Gasteiger partial charge is 3.00 e. The van der Waals surface area contributed by atoms with Gasteiger partial charge in [-0.05, 0) is 96.2 Å². The molecule has 8 heterocycles. The van der Waals surface area contributed by atoms with Gasteiger partial charge >= 0.3 is 67.1 Å². The maximum Gasteiger partial charge on any atom is 3.00 e. The van der Waals surface area contributed by atoms with Crippen LogP contribution in [0, 0.1) is 36.4 Å². The first kappa shape index (κ1) is 75.0. The van der Waals surface area contributed by atoms with E-state index < -0.39 is 24.9 Å². The molecule has 18 heteroatoms. The molecular formula is C87H70Au3N11OSi3. The molecule has 1 atom stereocenters. The fraction of sp³-hybridized carbons (Fsp3) is 0.103. The zero-order valence-electron chi connectivity index (χ0n) is 57.1. The molecule has 6 aromatic heterocycles. The zero-order chi connectivity index (χ0) is 68.6. The minimum absolute atomic E-state index is 0. The van der Waals surface area contributed by atoms with Crippen LogP contribution in [0.25, 0.3) is 34.2 Å². The third-order valence-electron chi connectivity index (χ3n) is 18.9. The molecule has 524 valence electrons. The van der Waals surface area contributed by atoms with Gasteiger partial charge in [-0.3, -0.25) is 15.0 Å². The molecule has 2 saturated heterocycles. The molecule has 0 spiro atoms. The first-order valence-corrected chi connectivity index (χ1v) is 41.2. The fourth-order valence-corrected chi connectivity index (χ4v) is 26.5. The maximum atomic E-state index is 6.16. The molecule has 0 N–H and O–H groups in total. The molecule has 12 nitrogen and oxygen atoms in total. The predicted octanol–water partition coefficient (Wildman–Crippen LogP) is 14.2. The summed E-state index contributed by atoms with van der Waals surface area (Å²) in [6.07, 6.45) is 22.3. The molecule has 2 aliphatic heterocycles. The average Bonchev–Trinajstić information content (AvgIpc) is 1.75. The van der Waals surface area contributed by atoms with E-state index in [4.69, 9.17) is 19.7 Å². The third kappa shape index (κ3) is 17.5. The Labute approximate surface area is 665 Å². The molecule has 0 saturated carbocycles. The Kier molecular flexibility index (Phi) is 26.0. The summed E-state index contributed by atoms with van der Waals surface area (Å²) in [6, 6.07) is 114. The second-order valence-corrected chi connectivity index (χ2v) is 36.4. The van der Waals surface area contributed by atoms with Crippen LogP contribution in [0.15, 0.2) is 311 Å². The number of imidazole rings is 3. The van der Waals surface area contributed by atoms with Crippen molar-refractivity contribution in [2.45, 2.75) is 56.3 Å². The van der Waals surface area contributed by atoms with Crippen LogP contribution in [0.5, 0.6) is 11.5 Å². The first-order chi connectivity index (χ1) is 50.5. The first-order valence-electron chi connectivity index (χ1n) is 34.7. The number of hydrogen-bond acceptors (Lipinski definition) is 9. The van der Waals surface area contributed by atoms with Gasteiger partial charge in [0.2, 0.25) is 0 Å². The second kappa shape index (κ2) is 36.4. The number of para-hydroxylation sites is 2. The van der Waals surface area contributed by atoms with Crippen molar-refractivity contribution in [1.29, 1.82) is 0 Å². The van der Waals surface area contributed by atoms with Crippen molar-refractivity contribution >= 4 is 95.8 Å². The SMILES string of the molecule is [Au+3].[Au+3].[Au+3].[c-]1c(-c2ncc[n-]2)cccc1N(c1[c-]c([SiH](c2ccccc2)c2ccccn2)ccc1)c1ccccc1.[c-]1c(-c2ncc[n-]2)cccc1N(c1[c-]c([Si]2(c3ccccn3)CCCC2)ccc1)c1ccccc1.[c-]1c(Oc2[c-]c([Si]3(c4ccccn4)CCCCC3)ccc2)cccc1-c1ncc[n-]1. The quantitative estimate of drug-likeness (QED) is 0.0598. The molecule has 0 amide bonds. The minimum Gasteiger partial charge on any atom is -0.503 e. The number of benzene rings is 9. The zero-order valence-corrected chi connectivity index (χ0v) is 66.8. The van der Waals surface area contributed by atoms with Gasteiger partial charge in [-0.2, -0.15) is 80.8 Å². The van der Waals surface area contributed by atoms with E-state index in [2.05, 4.69) is 240 Å². The number of aromatic nitrogens is 9. The van der Waals surface area contributed by atoms with Gasteiger partial charge in [0, 0.05) is 57.4 Å². The molecule has 0 radical (unpaired) electrons. The molecule has 105 heavy (non-hydrogen) atoms. The molecule has 2 aliphatic rings. The van der Waals surface area contributed by atoms with E-state index in [1.165, 1.54) is 87.7 Å². The van der Waals surface area contributed by atoms with Crippen LogP contribution in [0.2, 0.25) is 24.2 Å². The van der Waals surface area contributed by atoms with Crippen LogP contribution in [-0.4, -0.2) is 54.8 Å². The van der Waals surface area contributed by atoms with Gasteiger partial charge in [0.25, 0.3) is 0 Å². The number of pyridine rings is 3. The monoisotopic (exact) mass is 1960 g/mol. The van der Waals surface area contributed by atoms with Crippen LogP contribution >= 0.6 is 0 Å². The van der Waals surface area contributed by atoms with Crippen LogP contribution in [-0.2, 0) is 67.1 Å². The molecule has 0 bridgehead atoms. The van der Waals surface area contributed by atoms with Gasteiger partial charge in [0.15, 0.2) is 0 Å². The topological polar surface area (TPSA) is 135 Å². The summed E-state index contributed by atoms with van der Waals surface area (Å²) in [6.45, 7) is 0. The van der Waals surface area contributed by atoms with Crippen molar-refractivity contribution in [3.63, 3.8) is 0 Å². The van der Waals surface area contributed by atoms with Crippen LogP contribution in [0.1, 0.15) is 32.1 Å². The molecule has 17 rings (SSSR count). The number of rotatable bonds is 18. The number of anilines is 6. The summed E-state index contributed by atoms with van der Waals surface area (Å²) >= 11 is 0. The van der Waals surface area contributed by atoms with Gasteiger partial charge in [-0.1, -0.05) is 177 Å². The Morgan fingerprint density at radius 3 is 1.20 bits per heavy atom. The van der Waals surface area contributed by atoms with E-state index in [-0.39, 0.29) is 67.1 Å². The van der Waals surface area contributed by atoms with Crippen molar-refractivity contribution in [2.24, 2.45) is 0 Å². The van der Waals surface area contributed by atoms with Gasteiger partial charge in [-0.25, -0.2) is 0 Å².